The zero-order valence-corrected chi connectivity index (χ0v) is 17.1. The lowest BCUT2D eigenvalue weighted by atomic mass is 10.0. The van der Waals surface area contributed by atoms with E-state index in [2.05, 4.69) is 10.2 Å². The number of rotatable bonds is 5. The van der Waals surface area contributed by atoms with E-state index in [9.17, 15) is 5.11 Å². The molecular weight excluding hydrogens is 407 g/mol. The van der Waals surface area contributed by atoms with Gasteiger partial charge in [0.1, 0.15) is 18.1 Å². The summed E-state index contributed by atoms with van der Waals surface area (Å²) in [6.07, 6.45) is 1.67. The first-order valence-corrected chi connectivity index (χ1v) is 9.77. The third kappa shape index (κ3) is 4.24. The van der Waals surface area contributed by atoms with Crippen molar-refractivity contribution >= 4 is 23.2 Å². The second-order valence-electron chi connectivity index (χ2n) is 6.74. The number of nitrogens with one attached hydrogen (secondary N) is 1. The summed E-state index contributed by atoms with van der Waals surface area (Å²) in [5.41, 5.74) is 5.08. The summed E-state index contributed by atoms with van der Waals surface area (Å²) >= 11 is 12.3. The predicted molar refractivity (Wildman–Crippen MR) is 117 cm³/mol. The summed E-state index contributed by atoms with van der Waals surface area (Å²) in [6, 6.07) is 18.6. The van der Waals surface area contributed by atoms with Crippen LogP contribution >= 0.6 is 23.2 Å². The maximum atomic E-state index is 10.6. The van der Waals surface area contributed by atoms with Gasteiger partial charge in [0, 0.05) is 27.8 Å². The molecular formula is C23H18Cl2N2O2. The van der Waals surface area contributed by atoms with Gasteiger partial charge in [0.25, 0.3) is 0 Å². The number of aromatic hydroxyl groups is 1. The van der Waals surface area contributed by atoms with E-state index in [0.29, 0.717) is 33.7 Å². The lowest BCUT2D eigenvalue weighted by molar-refractivity contribution is 0.304. The normalized spacial score (nSPS) is 10.9. The van der Waals surface area contributed by atoms with Crippen molar-refractivity contribution in [2.45, 2.75) is 13.5 Å². The Morgan fingerprint density at radius 1 is 0.931 bits per heavy atom. The van der Waals surface area contributed by atoms with Crippen LogP contribution in [-0.2, 0) is 6.61 Å². The number of aromatic nitrogens is 2. The molecule has 0 unspecified atom stereocenters. The quantitative estimate of drug-likeness (QED) is 0.377. The summed E-state index contributed by atoms with van der Waals surface area (Å²) in [5.74, 6) is 0.666. The Kier molecular flexibility index (Phi) is 5.47. The molecule has 1 heterocycles. The van der Waals surface area contributed by atoms with E-state index in [1.165, 1.54) is 5.56 Å². The molecule has 6 heteroatoms. The number of aromatic amines is 1. The van der Waals surface area contributed by atoms with E-state index in [4.69, 9.17) is 27.9 Å². The average Bonchev–Trinajstić information content (AvgIpc) is 3.17. The molecule has 0 spiro atoms. The van der Waals surface area contributed by atoms with Crippen LogP contribution in [0.3, 0.4) is 0 Å². The molecule has 0 amide bonds. The Morgan fingerprint density at radius 2 is 1.69 bits per heavy atom. The van der Waals surface area contributed by atoms with Crippen LogP contribution < -0.4 is 4.74 Å². The molecule has 4 nitrogen and oxygen atoms in total. The fourth-order valence-electron chi connectivity index (χ4n) is 3.07. The lowest BCUT2D eigenvalue weighted by Crippen LogP contribution is -1.95. The summed E-state index contributed by atoms with van der Waals surface area (Å²) in [7, 11) is 0. The smallest absolute Gasteiger partial charge is 0.128 e. The van der Waals surface area contributed by atoms with Crippen LogP contribution in [0, 0.1) is 6.92 Å². The van der Waals surface area contributed by atoms with E-state index < -0.39 is 0 Å². The average molecular weight is 425 g/mol. The number of ether oxygens (including phenoxy) is 1. The summed E-state index contributed by atoms with van der Waals surface area (Å²) in [5, 5.41) is 18.7. The molecule has 0 aliphatic carbocycles. The van der Waals surface area contributed by atoms with Gasteiger partial charge in [-0.15, -0.1) is 0 Å². The first-order chi connectivity index (χ1) is 14.0. The minimum Gasteiger partial charge on any atom is -0.507 e. The highest BCUT2D eigenvalue weighted by Crippen LogP contribution is 2.39. The van der Waals surface area contributed by atoms with Crippen LogP contribution in [0.4, 0.5) is 0 Å². The van der Waals surface area contributed by atoms with Crippen molar-refractivity contribution in [2.24, 2.45) is 0 Å². The van der Waals surface area contributed by atoms with E-state index in [0.717, 1.165) is 16.7 Å². The van der Waals surface area contributed by atoms with Gasteiger partial charge in [-0.2, -0.15) is 5.10 Å². The number of hydrogen-bond donors (Lipinski definition) is 2. The Labute approximate surface area is 178 Å². The van der Waals surface area contributed by atoms with Gasteiger partial charge in [0.05, 0.1) is 16.9 Å². The van der Waals surface area contributed by atoms with Crippen molar-refractivity contribution in [3.05, 3.63) is 88.0 Å². The number of H-pyrrole nitrogens is 1. The molecule has 1 aromatic heterocycles. The summed E-state index contributed by atoms with van der Waals surface area (Å²) in [4.78, 5) is 0. The summed E-state index contributed by atoms with van der Waals surface area (Å²) in [6.45, 7) is 2.47. The van der Waals surface area contributed by atoms with Crippen molar-refractivity contribution in [2.75, 3.05) is 0 Å². The number of benzene rings is 3. The second kappa shape index (κ2) is 8.19. The molecule has 0 saturated carbocycles. The van der Waals surface area contributed by atoms with Crippen molar-refractivity contribution in [3.63, 3.8) is 0 Å². The van der Waals surface area contributed by atoms with Gasteiger partial charge in [-0.1, -0.05) is 59.1 Å². The van der Waals surface area contributed by atoms with Gasteiger partial charge in [-0.05, 0) is 36.8 Å². The lowest BCUT2D eigenvalue weighted by Gasteiger charge is -2.11. The topological polar surface area (TPSA) is 58.1 Å². The fraction of sp³-hybridized carbons (Fsp3) is 0.0870. The molecule has 2 N–H and O–H groups in total. The first-order valence-electron chi connectivity index (χ1n) is 9.02. The van der Waals surface area contributed by atoms with Gasteiger partial charge in [0.15, 0.2) is 0 Å². The van der Waals surface area contributed by atoms with Crippen molar-refractivity contribution < 1.29 is 9.84 Å². The van der Waals surface area contributed by atoms with Crippen LogP contribution in [0.25, 0.3) is 22.4 Å². The van der Waals surface area contributed by atoms with Crippen LogP contribution in [0.2, 0.25) is 10.0 Å². The van der Waals surface area contributed by atoms with Gasteiger partial charge in [-0.25, -0.2) is 0 Å². The number of phenolic OH excluding ortho intramolecular Hbond substituents is 1. The van der Waals surface area contributed by atoms with Gasteiger partial charge in [-0.3, -0.25) is 5.10 Å². The molecule has 0 atom stereocenters. The fourth-order valence-corrected chi connectivity index (χ4v) is 3.58. The number of nitrogens with zero attached hydrogens (tertiary/aromatic N) is 1. The second-order valence-corrected chi connectivity index (χ2v) is 7.58. The van der Waals surface area contributed by atoms with E-state index in [1.54, 1.807) is 30.5 Å². The minimum atomic E-state index is 0.0852. The summed E-state index contributed by atoms with van der Waals surface area (Å²) < 4.78 is 5.81. The molecule has 4 rings (SSSR count). The highest BCUT2D eigenvalue weighted by Gasteiger charge is 2.16. The molecule has 0 fully saturated rings. The van der Waals surface area contributed by atoms with Gasteiger partial charge in [0.2, 0.25) is 0 Å². The Morgan fingerprint density at radius 3 is 2.41 bits per heavy atom. The third-order valence-electron chi connectivity index (χ3n) is 4.63. The monoisotopic (exact) mass is 424 g/mol. The molecule has 29 heavy (non-hydrogen) atoms. The maximum absolute atomic E-state index is 10.6. The van der Waals surface area contributed by atoms with E-state index >= 15 is 0 Å². The molecule has 146 valence electrons. The van der Waals surface area contributed by atoms with Gasteiger partial charge < -0.3 is 9.84 Å². The van der Waals surface area contributed by atoms with Crippen LogP contribution in [-0.4, -0.2) is 15.3 Å². The first kappa shape index (κ1) is 19.4. The Hall–Kier alpha value is -2.95. The number of aryl methyl sites for hydroxylation is 1. The largest absolute Gasteiger partial charge is 0.507 e. The number of phenols is 1. The van der Waals surface area contributed by atoms with E-state index in [1.807, 2.05) is 43.3 Å². The van der Waals surface area contributed by atoms with Crippen molar-refractivity contribution in [1.29, 1.82) is 0 Å². The van der Waals surface area contributed by atoms with Crippen LogP contribution in [0.5, 0.6) is 11.5 Å². The Bertz CT molecular complexity index is 1150. The Balaban J connectivity index is 1.59. The van der Waals surface area contributed by atoms with Crippen LogP contribution in [0.15, 0.2) is 66.9 Å². The zero-order chi connectivity index (χ0) is 20.4. The molecule has 0 aliphatic rings. The molecule has 4 aromatic rings. The van der Waals surface area contributed by atoms with Crippen molar-refractivity contribution in [3.8, 4) is 33.9 Å². The molecule has 3 aromatic carbocycles. The van der Waals surface area contributed by atoms with Crippen molar-refractivity contribution in [1.82, 2.24) is 10.2 Å². The van der Waals surface area contributed by atoms with Crippen LogP contribution in [0.1, 0.15) is 11.1 Å². The third-order valence-corrected chi connectivity index (χ3v) is 5.17. The predicted octanol–water partition coefficient (Wildman–Crippen LogP) is 6.64. The standard InChI is InChI=1S/C23H18Cl2N2O2/c1-14-2-4-15(5-3-14)13-29-17-7-9-19(22(28)11-17)23-20(12-26-27-23)18-8-6-16(24)10-21(18)25/h2-12,28H,13H2,1H3,(H,26,27). The minimum absolute atomic E-state index is 0.0852. The number of hydrogen-bond acceptors (Lipinski definition) is 3. The van der Waals surface area contributed by atoms with E-state index in [-0.39, 0.29) is 5.75 Å². The molecule has 0 aliphatic heterocycles. The molecule has 0 saturated heterocycles. The zero-order valence-electron chi connectivity index (χ0n) is 15.6. The maximum Gasteiger partial charge on any atom is 0.128 e. The van der Waals surface area contributed by atoms with Gasteiger partial charge >= 0.3 is 0 Å². The highest BCUT2D eigenvalue weighted by molar-refractivity contribution is 6.36. The number of halogens is 2. The molecule has 0 radical (unpaired) electrons. The highest BCUT2D eigenvalue weighted by atomic mass is 35.5. The molecule has 0 bridgehead atoms. The SMILES string of the molecule is Cc1ccc(COc2ccc(-c3[nH]ncc3-c3ccc(Cl)cc3Cl)c(O)c2)cc1.